The number of rotatable bonds is 3. The summed E-state index contributed by atoms with van der Waals surface area (Å²) in [5.74, 6) is 0. The SMILES string of the molecule is O=Cc1ccc(CNC(=O)[O-])cc1. The van der Waals surface area contributed by atoms with Crippen LogP contribution in [0.3, 0.4) is 0 Å². The second-order valence-electron chi connectivity index (χ2n) is 2.50. The highest BCUT2D eigenvalue weighted by Gasteiger charge is 1.92. The second-order valence-corrected chi connectivity index (χ2v) is 2.50. The summed E-state index contributed by atoms with van der Waals surface area (Å²) < 4.78 is 0. The third-order valence-electron chi connectivity index (χ3n) is 1.55. The van der Waals surface area contributed by atoms with Crippen LogP contribution in [-0.2, 0) is 6.54 Å². The molecule has 1 rings (SSSR count). The lowest BCUT2D eigenvalue weighted by Crippen LogP contribution is -2.35. The smallest absolute Gasteiger partial charge is 0.150 e. The van der Waals surface area contributed by atoms with Gasteiger partial charge in [-0.3, -0.25) is 4.79 Å². The van der Waals surface area contributed by atoms with E-state index in [1.165, 1.54) is 0 Å². The molecule has 1 aromatic carbocycles. The van der Waals surface area contributed by atoms with Crippen molar-refractivity contribution in [1.82, 2.24) is 5.32 Å². The van der Waals surface area contributed by atoms with Crippen LogP contribution in [0.2, 0.25) is 0 Å². The van der Waals surface area contributed by atoms with Gasteiger partial charge in [0.15, 0.2) is 0 Å². The molecule has 0 bridgehead atoms. The fourth-order valence-electron chi connectivity index (χ4n) is 0.888. The van der Waals surface area contributed by atoms with Crippen LogP contribution in [0.4, 0.5) is 4.79 Å². The summed E-state index contributed by atoms with van der Waals surface area (Å²) >= 11 is 0. The van der Waals surface area contributed by atoms with Gasteiger partial charge in [-0.25, -0.2) is 0 Å². The molecule has 13 heavy (non-hydrogen) atoms. The number of hydrogen-bond donors (Lipinski definition) is 1. The lowest BCUT2D eigenvalue weighted by Gasteiger charge is -2.05. The van der Waals surface area contributed by atoms with Gasteiger partial charge >= 0.3 is 0 Å². The highest BCUT2D eigenvalue weighted by atomic mass is 16.4. The summed E-state index contributed by atoms with van der Waals surface area (Å²) in [7, 11) is 0. The van der Waals surface area contributed by atoms with Gasteiger partial charge in [-0.2, -0.15) is 0 Å². The maximum Gasteiger partial charge on any atom is 0.150 e. The minimum atomic E-state index is -1.31. The molecule has 0 spiro atoms. The molecule has 0 aliphatic rings. The number of nitrogens with one attached hydrogen (secondary N) is 1. The van der Waals surface area contributed by atoms with Crippen molar-refractivity contribution in [3.05, 3.63) is 35.4 Å². The molecule has 1 aromatic rings. The van der Waals surface area contributed by atoms with Crippen molar-refractivity contribution in [3.8, 4) is 0 Å². The van der Waals surface area contributed by atoms with Crippen molar-refractivity contribution >= 4 is 12.4 Å². The van der Waals surface area contributed by atoms with Gasteiger partial charge in [-0.05, 0) is 5.56 Å². The van der Waals surface area contributed by atoms with E-state index in [1.54, 1.807) is 24.3 Å². The molecule has 4 nitrogen and oxygen atoms in total. The van der Waals surface area contributed by atoms with Crippen LogP contribution < -0.4 is 10.4 Å². The average Bonchev–Trinajstić information content (AvgIpc) is 2.15. The Hall–Kier alpha value is -1.84. The van der Waals surface area contributed by atoms with E-state index in [4.69, 9.17) is 0 Å². The zero-order valence-corrected chi connectivity index (χ0v) is 6.82. The number of carbonyl (C=O) groups excluding carboxylic acids is 2. The fraction of sp³-hybridized carbons (Fsp3) is 0.111. The molecule has 0 aliphatic carbocycles. The predicted molar refractivity (Wildman–Crippen MR) is 44.1 cm³/mol. The van der Waals surface area contributed by atoms with E-state index in [1.807, 2.05) is 0 Å². The van der Waals surface area contributed by atoms with E-state index < -0.39 is 6.09 Å². The van der Waals surface area contributed by atoms with Crippen molar-refractivity contribution < 1.29 is 14.7 Å². The summed E-state index contributed by atoms with van der Waals surface area (Å²) in [6.07, 6.45) is -0.574. The Morgan fingerprint density at radius 3 is 2.46 bits per heavy atom. The fourth-order valence-corrected chi connectivity index (χ4v) is 0.888. The van der Waals surface area contributed by atoms with Crippen molar-refractivity contribution in [1.29, 1.82) is 0 Å². The van der Waals surface area contributed by atoms with Crippen molar-refractivity contribution in [2.45, 2.75) is 6.54 Å². The van der Waals surface area contributed by atoms with Gasteiger partial charge in [0.25, 0.3) is 0 Å². The van der Waals surface area contributed by atoms with Gasteiger partial charge in [0.05, 0.1) is 0 Å². The maximum absolute atomic E-state index is 10.3. The zero-order chi connectivity index (χ0) is 9.68. The second kappa shape index (κ2) is 4.25. The minimum absolute atomic E-state index is 0.196. The molecule has 0 aliphatic heterocycles. The van der Waals surface area contributed by atoms with Gasteiger partial charge in [0.1, 0.15) is 12.4 Å². The first-order valence-electron chi connectivity index (χ1n) is 3.71. The van der Waals surface area contributed by atoms with E-state index in [0.29, 0.717) is 5.56 Å². The third-order valence-corrected chi connectivity index (χ3v) is 1.55. The number of aldehydes is 1. The van der Waals surface area contributed by atoms with Crippen LogP contribution in [0.5, 0.6) is 0 Å². The van der Waals surface area contributed by atoms with Crippen LogP contribution >= 0.6 is 0 Å². The molecule has 0 aromatic heterocycles. The molecule has 0 fully saturated rings. The minimum Gasteiger partial charge on any atom is -0.530 e. The molecule has 0 heterocycles. The molecular formula is C9H8NO3-. The Labute approximate surface area is 75.2 Å². The highest BCUT2D eigenvalue weighted by molar-refractivity contribution is 5.74. The first-order chi connectivity index (χ1) is 6.22. The van der Waals surface area contributed by atoms with Crippen molar-refractivity contribution in [3.63, 3.8) is 0 Å². The molecule has 0 unspecified atom stereocenters. The summed E-state index contributed by atoms with van der Waals surface area (Å²) in [5, 5.41) is 12.1. The normalized spacial score (nSPS) is 9.23. The first-order valence-corrected chi connectivity index (χ1v) is 3.71. The Morgan fingerprint density at radius 1 is 1.38 bits per heavy atom. The number of benzene rings is 1. The quantitative estimate of drug-likeness (QED) is 0.659. The van der Waals surface area contributed by atoms with E-state index >= 15 is 0 Å². The predicted octanol–water partition coefficient (Wildman–Crippen LogP) is -0.0680. The summed E-state index contributed by atoms with van der Waals surface area (Å²) in [6, 6.07) is 6.61. The van der Waals surface area contributed by atoms with E-state index in [9.17, 15) is 14.7 Å². The average molecular weight is 178 g/mol. The molecule has 0 radical (unpaired) electrons. The zero-order valence-electron chi connectivity index (χ0n) is 6.82. The highest BCUT2D eigenvalue weighted by Crippen LogP contribution is 2.01. The summed E-state index contributed by atoms with van der Waals surface area (Å²) in [5.41, 5.74) is 1.35. The van der Waals surface area contributed by atoms with Gasteiger partial charge in [-0.15, -0.1) is 0 Å². The van der Waals surface area contributed by atoms with Gasteiger partial charge in [-0.1, -0.05) is 24.3 Å². The van der Waals surface area contributed by atoms with E-state index in [0.717, 1.165) is 11.8 Å². The monoisotopic (exact) mass is 178 g/mol. The summed E-state index contributed by atoms with van der Waals surface area (Å²) in [4.78, 5) is 20.3. The van der Waals surface area contributed by atoms with Crippen molar-refractivity contribution in [2.24, 2.45) is 0 Å². The lowest BCUT2D eigenvalue weighted by molar-refractivity contribution is -0.251. The lowest BCUT2D eigenvalue weighted by atomic mass is 10.1. The van der Waals surface area contributed by atoms with Gasteiger partial charge < -0.3 is 15.2 Å². The standard InChI is InChI=1S/C9H9NO3/c11-6-8-3-1-7(2-4-8)5-10-9(12)13/h1-4,6,10H,5H2,(H,12,13)/p-1. The van der Waals surface area contributed by atoms with Crippen LogP contribution in [0.15, 0.2) is 24.3 Å². The molecular weight excluding hydrogens is 170 g/mol. The number of carbonyl (C=O) groups is 2. The molecule has 1 amide bonds. The first kappa shape index (κ1) is 9.25. The molecule has 0 saturated heterocycles. The molecule has 68 valence electrons. The number of hydrogen-bond acceptors (Lipinski definition) is 3. The number of amides is 1. The van der Waals surface area contributed by atoms with Gasteiger partial charge in [0, 0.05) is 12.1 Å². The molecule has 4 heteroatoms. The van der Waals surface area contributed by atoms with E-state index in [-0.39, 0.29) is 6.54 Å². The molecule has 1 N–H and O–H groups in total. The molecule has 0 atom stereocenters. The maximum atomic E-state index is 10.3. The number of carboxylic acid groups (broad SMARTS) is 1. The van der Waals surface area contributed by atoms with Crippen LogP contribution in [0.1, 0.15) is 15.9 Å². The topological polar surface area (TPSA) is 69.2 Å². The van der Waals surface area contributed by atoms with Gasteiger partial charge in [0.2, 0.25) is 0 Å². The van der Waals surface area contributed by atoms with Crippen LogP contribution in [0.25, 0.3) is 0 Å². The Kier molecular flexibility index (Phi) is 3.03. The Morgan fingerprint density at radius 2 is 2.00 bits per heavy atom. The largest absolute Gasteiger partial charge is 0.530 e. The molecule has 0 saturated carbocycles. The Balaban J connectivity index is 2.59. The van der Waals surface area contributed by atoms with Crippen molar-refractivity contribution in [2.75, 3.05) is 0 Å². The third kappa shape index (κ3) is 2.94. The van der Waals surface area contributed by atoms with E-state index in [2.05, 4.69) is 5.32 Å². The Bertz CT molecular complexity index is 305. The summed E-state index contributed by atoms with van der Waals surface area (Å²) in [6.45, 7) is 0.196. The van der Waals surface area contributed by atoms with Crippen LogP contribution in [0, 0.1) is 0 Å². The van der Waals surface area contributed by atoms with Crippen LogP contribution in [-0.4, -0.2) is 12.4 Å².